The highest BCUT2D eigenvalue weighted by molar-refractivity contribution is 5.70. The molecule has 2 aromatic carbocycles. The molecule has 0 bridgehead atoms. The Labute approximate surface area is 270 Å². The van der Waals surface area contributed by atoms with Gasteiger partial charge in [0.05, 0.1) is 37.6 Å². The molecule has 11 heteroatoms. The van der Waals surface area contributed by atoms with Crippen LogP contribution in [0.4, 0.5) is 11.4 Å². The van der Waals surface area contributed by atoms with Gasteiger partial charge in [-0.25, -0.2) is 14.0 Å². The zero-order chi connectivity index (χ0) is 32.1. The Kier molecular flexibility index (Phi) is 9.63. The summed E-state index contributed by atoms with van der Waals surface area (Å²) < 4.78 is 22.0. The van der Waals surface area contributed by atoms with E-state index in [1.165, 1.54) is 5.69 Å². The number of ether oxygens (including phenoxy) is 3. The van der Waals surface area contributed by atoms with E-state index in [0.29, 0.717) is 26.3 Å². The third-order valence-electron chi connectivity index (χ3n) is 9.10. The molecule has 46 heavy (non-hydrogen) atoms. The molecule has 0 saturated carbocycles. The van der Waals surface area contributed by atoms with Gasteiger partial charge in [-0.05, 0) is 74.0 Å². The van der Waals surface area contributed by atoms with Gasteiger partial charge in [-0.3, -0.25) is 5.01 Å². The van der Waals surface area contributed by atoms with Crippen molar-refractivity contribution in [3.63, 3.8) is 0 Å². The van der Waals surface area contributed by atoms with E-state index in [-0.39, 0.29) is 23.8 Å². The summed E-state index contributed by atoms with van der Waals surface area (Å²) in [5, 5.41) is 10.7. The molecule has 4 heterocycles. The largest absolute Gasteiger partial charge is 0.491 e. The Bertz CT molecular complexity index is 1600. The Hall–Kier alpha value is -4.31. The van der Waals surface area contributed by atoms with Crippen molar-refractivity contribution in [2.45, 2.75) is 52.0 Å². The summed E-state index contributed by atoms with van der Waals surface area (Å²) in [4.78, 5) is 17.6. The standard InChI is InChI=1S/C35H45N7O4/c1-5-28(4)42-34(43)41(26-37-42)31-11-9-29(10-12-31)38-19-21-39(22-20-38)30-13-15-32(16-14-30)44-23-33-24-45-35(46-33,27(2)3)25-40-18-8-6-7-17-36-40/h7-17,26-28,33H,5,18-25H2,1-4H3. The SMILES string of the molecule is CCC(C)n1ncn(-c2ccc(N3CCN(c4ccc(OCC5COC(CN6CC=C=CC=N6)(C(C)C)O5)cc4)CC3)cc2)c1=O. The van der Waals surface area contributed by atoms with E-state index >= 15 is 0 Å². The lowest BCUT2D eigenvalue weighted by Crippen LogP contribution is -2.47. The molecule has 11 nitrogen and oxygen atoms in total. The van der Waals surface area contributed by atoms with E-state index in [9.17, 15) is 4.79 Å². The highest BCUT2D eigenvalue weighted by Crippen LogP contribution is 2.33. The minimum Gasteiger partial charge on any atom is -0.491 e. The second-order valence-electron chi connectivity index (χ2n) is 12.4. The highest BCUT2D eigenvalue weighted by atomic mass is 16.8. The van der Waals surface area contributed by atoms with Gasteiger partial charge in [0, 0.05) is 43.5 Å². The summed E-state index contributed by atoms with van der Waals surface area (Å²) in [6.45, 7) is 14.1. The molecule has 1 aromatic heterocycles. The number of piperazine rings is 1. The number of hydrazone groups is 1. The monoisotopic (exact) mass is 627 g/mol. The third-order valence-corrected chi connectivity index (χ3v) is 9.10. The molecule has 244 valence electrons. The molecule has 0 radical (unpaired) electrons. The molecule has 0 aliphatic carbocycles. The molecule has 0 amide bonds. The minimum atomic E-state index is -0.728. The number of benzene rings is 2. The van der Waals surface area contributed by atoms with Crippen molar-refractivity contribution in [3.8, 4) is 11.4 Å². The first-order valence-corrected chi connectivity index (χ1v) is 16.3. The van der Waals surface area contributed by atoms with Crippen LogP contribution in [-0.2, 0) is 9.47 Å². The van der Waals surface area contributed by atoms with Crippen LogP contribution in [0.15, 0.2) is 82.6 Å². The summed E-state index contributed by atoms with van der Waals surface area (Å²) in [6, 6.07) is 16.6. The Morgan fingerprint density at radius 3 is 2.28 bits per heavy atom. The summed E-state index contributed by atoms with van der Waals surface area (Å²) in [6.07, 6.45) is 7.81. The lowest BCUT2D eigenvalue weighted by atomic mass is 10.0. The van der Waals surface area contributed by atoms with Gasteiger partial charge < -0.3 is 24.0 Å². The van der Waals surface area contributed by atoms with Gasteiger partial charge in [0.1, 0.15) is 24.8 Å². The van der Waals surface area contributed by atoms with Crippen molar-refractivity contribution in [2.24, 2.45) is 11.0 Å². The van der Waals surface area contributed by atoms with Gasteiger partial charge in [0.15, 0.2) is 5.79 Å². The number of anilines is 2. The zero-order valence-electron chi connectivity index (χ0n) is 27.3. The number of hydrogen-bond acceptors (Lipinski definition) is 9. The zero-order valence-corrected chi connectivity index (χ0v) is 27.3. The second-order valence-corrected chi connectivity index (χ2v) is 12.4. The fourth-order valence-corrected chi connectivity index (χ4v) is 6.00. The number of rotatable bonds is 11. The van der Waals surface area contributed by atoms with Crippen LogP contribution in [0.5, 0.6) is 5.75 Å². The molecule has 3 aliphatic rings. The maximum Gasteiger partial charge on any atom is 0.350 e. The van der Waals surface area contributed by atoms with Crippen LogP contribution in [0, 0.1) is 5.92 Å². The van der Waals surface area contributed by atoms with E-state index in [4.69, 9.17) is 14.2 Å². The molecule has 6 rings (SSSR count). The van der Waals surface area contributed by atoms with Crippen molar-refractivity contribution in [2.75, 3.05) is 62.3 Å². The molecule has 2 saturated heterocycles. The van der Waals surface area contributed by atoms with Gasteiger partial charge in [-0.2, -0.15) is 10.2 Å². The average Bonchev–Trinajstić information content (AvgIpc) is 3.59. The van der Waals surface area contributed by atoms with Crippen molar-refractivity contribution >= 4 is 17.6 Å². The third kappa shape index (κ3) is 6.92. The molecular weight excluding hydrogens is 582 g/mol. The van der Waals surface area contributed by atoms with Crippen molar-refractivity contribution < 1.29 is 14.2 Å². The fourth-order valence-electron chi connectivity index (χ4n) is 6.00. The van der Waals surface area contributed by atoms with Gasteiger partial charge in [0.2, 0.25) is 0 Å². The maximum absolute atomic E-state index is 12.8. The molecule has 3 aromatic rings. The van der Waals surface area contributed by atoms with Crippen LogP contribution in [-0.4, -0.2) is 89.9 Å². The molecule has 3 atom stereocenters. The highest BCUT2D eigenvalue weighted by Gasteiger charge is 2.46. The molecule has 3 aliphatic heterocycles. The smallest absolute Gasteiger partial charge is 0.350 e. The summed E-state index contributed by atoms with van der Waals surface area (Å²) >= 11 is 0. The summed E-state index contributed by atoms with van der Waals surface area (Å²) in [7, 11) is 0. The summed E-state index contributed by atoms with van der Waals surface area (Å²) in [5.74, 6) is 0.243. The fraction of sp³-hybridized carbons (Fsp3) is 0.486. The lowest BCUT2D eigenvalue weighted by Gasteiger charge is -2.37. The van der Waals surface area contributed by atoms with Gasteiger partial charge in [-0.15, -0.1) is 5.73 Å². The van der Waals surface area contributed by atoms with Crippen molar-refractivity contribution in [1.82, 2.24) is 19.4 Å². The number of aromatic nitrogens is 3. The van der Waals surface area contributed by atoms with E-state index in [1.54, 1.807) is 27.9 Å². The number of hydrogen-bond donors (Lipinski definition) is 0. The van der Waals surface area contributed by atoms with E-state index < -0.39 is 5.79 Å². The van der Waals surface area contributed by atoms with E-state index in [1.807, 2.05) is 42.3 Å². The van der Waals surface area contributed by atoms with Crippen LogP contribution in [0.25, 0.3) is 5.69 Å². The van der Waals surface area contributed by atoms with Crippen LogP contribution in [0.2, 0.25) is 0 Å². The van der Waals surface area contributed by atoms with Gasteiger partial charge >= 0.3 is 5.69 Å². The average molecular weight is 628 g/mol. The Balaban J connectivity index is 0.979. The molecular formula is C35H45N7O4. The second kappa shape index (κ2) is 14.0. The number of nitrogens with zero attached hydrogens (tertiary/aromatic N) is 7. The molecule has 0 N–H and O–H groups in total. The molecule has 3 unspecified atom stereocenters. The van der Waals surface area contributed by atoms with Crippen LogP contribution in [0.3, 0.4) is 0 Å². The lowest BCUT2D eigenvalue weighted by molar-refractivity contribution is -0.209. The van der Waals surface area contributed by atoms with Crippen molar-refractivity contribution in [1.29, 1.82) is 0 Å². The maximum atomic E-state index is 12.8. The first-order valence-electron chi connectivity index (χ1n) is 16.3. The Morgan fingerprint density at radius 2 is 1.63 bits per heavy atom. The first kappa shape index (κ1) is 31.7. The predicted molar refractivity (Wildman–Crippen MR) is 180 cm³/mol. The molecule has 0 spiro atoms. The summed E-state index contributed by atoms with van der Waals surface area (Å²) in [5.41, 5.74) is 6.14. The quantitative estimate of drug-likeness (QED) is 0.288. The van der Waals surface area contributed by atoms with Crippen LogP contribution >= 0.6 is 0 Å². The van der Waals surface area contributed by atoms with Crippen LogP contribution < -0.4 is 20.2 Å². The Morgan fingerprint density at radius 1 is 0.978 bits per heavy atom. The van der Waals surface area contributed by atoms with Gasteiger partial charge in [0.25, 0.3) is 0 Å². The van der Waals surface area contributed by atoms with Crippen molar-refractivity contribution in [3.05, 3.63) is 83.2 Å². The van der Waals surface area contributed by atoms with E-state index in [0.717, 1.165) is 49.7 Å². The normalized spacial score (nSPS) is 22.1. The van der Waals surface area contributed by atoms with E-state index in [2.05, 4.69) is 70.8 Å². The first-order chi connectivity index (χ1) is 22.3. The molecule has 2 fully saturated rings. The topological polar surface area (TPSA) is 89.6 Å². The van der Waals surface area contributed by atoms with Crippen LogP contribution in [0.1, 0.15) is 40.2 Å². The minimum absolute atomic E-state index is 0.0761. The van der Waals surface area contributed by atoms with Gasteiger partial charge in [-0.1, -0.05) is 20.8 Å². The predicted octanol–water partition coefficient (Wildman–Crippen LogP) is 4.49.